The summed E-state index contributed by atoms with van der Waals surface area (Å²) in [7, 11) is 1.31. The van der Waals surface area contributed by atoms with Crippen LogP contribution in [0.25, 0.3) is 0 Å². The first-order chi connectivity index (χ1) is 9.60. The fourth-order valence-corrected chi connectivity index (χ4v) is 1.88. The van der Waals surface area contributed by atoms with Crippen molar-refractivity contribution in [3.8, 4) is 0 Å². The predicted octanol–water partition coefficient (Wildman–Crippen LogP) is 2.72. The van der Waals surface area contributed by atoms with E-state index in [1.807, 2.05) is 18.2 Å². The highest BCUT2D eigenvalue weighted by molar-refractivity contribution is 6.30. The van der Waals surface area contributed by atoms with Gasteiger partial charge in [0, 0.05) is 11.6 Å². The Morgan fingerprint density at radius 3 is 2.90 bits per heavy atom. The predicted molar refractivity (Wildman–Crippen MR) is 78.8 cm³/mol. The molecule has 2 rings (SSSR count). The largest absolute Gasteiger partial charge is 0.464 e. The molecule has 1 aromatic carbocycles. The van der Waals surface area contributed by atoms with Crippen LogP contribution in [0.4, 0.5) is 11.5 Å². The molecule has 3 N–H and O–H groups in total. The van der Waals surface area contributed by atoms with Gasteiger partial charge in [0.1, 0.15) is 5.82 Å². The number of esters is 1. The first kappa shape index (κ1) is 14.1. The molecule has 5 nitrogen and oxygen atoms in total. The van der Waals surface area contributed by atoms with E-state index in [4.69, 9.17) is 17.3 Å². The summed E-state index contributed by atoms with van der Waals surface area (Å²) in [6, 6.07) is 10.6. The van der Waals surface area contributed by atoms with E-state index in [0.29, 0.717) is 23.1 Å². The number of nitrogens with zero attached hydrogens (tertiary/aromatic N) is 1. The third kappa shape index (κ3) is 3.39. The number of anilines is 2. The second kappa shape index (κ2) is 6.25. The molecule has 20 heavy (non-hydrogen) atoms. The molecule has 0 aliphatic carbocycles. The van der Waals surface area contributed by atoms with Gasteiger partial charge in [0.15, 0.2) is 5.69 Å². The molecule has 1 aromatic heterocycles. The summed E-state index contributed by atoms with van der Waals surface area (Å²) in [4.78, 5) is 15.6. The van der Waals surface area contributed by atoms with Crippen molar-refractivity contribution in [3.05, 3.63) is 52.7 Å². The minimum absolute atomic E-state index is 0.204. The Labute approximate surface area is 121 Å². The number of halogens is 1. The highest BCUT2D eigenvalue weighted by Gasteiger charge is 2.10. The van der Waals surface area contributed by atoms with Gasteiger partial charge in [-0.1, -0.05) is 23.7 Å². The van der Waals surface area contributed by atoms with Crippen molar-refractivity contribution in [1.29, 1.82) is 0 Å². The van der Waals surface area contributed by atoms with Gasteiger partial charge in [-0.15, -0.1) is 0 Å². The number of rotatable bonds is 4. The number of methoxy groups -OCH3 is 1. The van der Waals surface area contributed by atoms with Crippen molar-refractivity contribution in [3.63, 3.8) is 0 Å². The van der Waals surface area contributed by atoms with Crippen LogP contribution in [0, 0.1) is 0 Å². The zero-order valence-electron chi connectivity index (χ0n) is 10.9. The van der Waals surface area contributed by atoms with Gasteiger partial charge in [0.2, 0.25) is 0 Å². The van der Waals surface area contributed by atoms with E-state index in [2.05, 4.69) is 15.0 Å². The van der Waals surface area contributed by atoms with Crippen LogP contribution < -0.4 is 11.1 Å². The number of pyridine rings is 1. The molecule has 0 radical (unpaired) electrons. The molecule has 0 aliphatic rings. The fourth-order valence-electron chi connectivity index (χ4n) is 1.66. The number of carbonyl (C=O) groups excluding carboxylic acids is 1. The number of ether oxygens (including phenoxy) is 1. The Hall–Kier alpha value is -2.27. The van der Waals surface area contributed by atoms with Crippen molar-refractivity contribution >= 4 is 29.1 Å². The maximum Gasteiger partial charge on any atom is 0.356 e. The number of hydrogen-bond acceptors (Lipinski definition) is 5. The van der Waals surface area contributed by atoms with E-state index in [9.17, 15) is 4.79 Å². The quantitative estimate of drug-likeness (QED) is 0.847. The number of nitrogens with two attached hydrogens (primary N) is 1. The maximum absolute atomic E-state index is 11.4. The minimum atomic E-state index is -0.504. The third-order valence-corrected chi connectivity index (χ3v) is 2.91. The highest BCUT2D eigenvalue weighted by Crippen LogP contribution is 2.18. The number of hydrogen-bond donors (Lipinski definition) is 2. The lowest BCUT2D eigenvalue weighted by Gasteiger charge is -2.10. The summed E-state index contributed by atoms with van der Waals surface area (Å²) in [6.07, 6.45) is 0. The summed E-state index contributed by atoms with van der Waals surface area (Å²) in [6.45, 7) is 0.502. The van der Waals surface area contributed by atoms with Gasteiger partial charge >= 0.3 is 5.97 Å². The number of carbonyl (C=O) groups is 1. The summed E-state index contributed by atoms with van der Waals surface area (Å²) in [5.74, 6) is -0.0660. The van der Waals surface area contributed by atoms with Crippen LogP contribution in [0.2, 0.25) is 5.02 Å². The molecule has 0 aliphatic heterocycles. The third-order valence-electron chi connectivity index (χ3n) is 2.67. The zero-order chi connectivity index (χ0) is 14.5. The number of nitrogen functional groups attached to an aromatic ring is 1. The van der Waals surface area contributed by atoms with Gasteiger partial charge in [0.05, 0.1) is 12.8 Å². The van der Waals surface area contributed by atoms with Crippen molar-refractivity contribution in [2.75, 3.05) is 18.2 Å². The molecule has 0 atom stereocenters. The van der Waals surface area contributed by atoms with Gasteiger partial charge < -0.3 is 15.8 Å². The molecule has 0 bridgehead atoms. The molecular weight excluding hydrogens is 278 g/mol. The van der Waals surface area contributed by atoms with Gasteiger partial charge in [0.25, 0.3) is 0 Å². The average Bonchev–Trinajstić information content (AvgIpc) is 2.45. The SMILES string of the molecule is COC(=O)c1ccc(N)c(NCc2cccc(Cl)c2)n1. The van der Waals surface area contributed by atoms with Crippen LogP contribution in [-0.4, -0.2) is 18.1 Å². The van der Waals surface area contributed by atoms with E-state index >= 15 is 0 Å². The summed E-state index contributed by atoms with van der Waals surface area (Å²) < 4.78 is 4.62. The molecule has 0 fully saturated rings. The number of aromatic nitrogens is 1. The summed E-state index contributed by atoms with van der Waals surface area (Å²) in [5.41, 5.74) is 7.47. The van der Waals surface area contributed by atoms with Crippen LogP contribution in [0.15, 0.2) is 36.4 Å². The van der Waals surface area contributed by atoms with E-state index in [0.717, 1.165) is 5.56 Å². The van der Waals surface area contributed by atoms with Crippen molar-refractivity contribution < 1.29 is 9.53 Å². The fraction of sp³-hybridized carbons (Fsp3) is 0.143. The van der Waals surface area contributed by atoms with Gasteiger partial charge in [-0.3, -0.25) is 0 Å². The van der Waals surface area contributed by atoms with Crippen LogP contribution in [0.5, 0.6) is 0 Å². The summed E-state index contributed by atoms with van der Waals surface area (Å²) in [5, 5.41) is 3.73. The normalized spacial score (nSPS) is 10.1. The monoisotopic (exact) mass is 291 g/mol. The standard InChI is InChI=1S/C14H14ClN3O2/c1-20-14(19)12-6-5-11(16)13(18-12)17-8-9-3-2-4-10(15)7-9/h2-7H,8,16H2,1H3,(H,17,18). The molecular formula is C14H14ClN3O2. The second-order valence-electron chi connectivity index (χ2n) is 4.11. The zero-order valence-corrected chi connectivity index (χ0v) is 11.6. The van der Waals surface area contributed by atoms with Crippen molar-refractivity contribution in [2.45, 2.75) is 6.54 Å². The number of nitrogens with one attached hydrogen (secondary N) is 1. The molecule has 0 spiro atoms. The molecule has 1 heterocycles. The molecule has 0 saturated carbocycles. The molecule has 6 heteroatoms. The Kier molecular flexibility index (Phi) is 4.42. The topological polar surface area (TPSA) is 77.2 Å². The molecule has 104 valence electrons. The van der Waals surface area contributed by atoms with Crippen molar-refractivity contribution in [1.82, 2.24) is 4.98 Å². The van der Waals surface area contributed by atoms with Crippen LogP contribution in [0.1, 0.15) is 16.1 Å². The Morgan fingerprint density at radius 1 is 1.40 bits per heavy atom. The first-order valence-electron chi connectivity index (χ1n) is 5.93. The lowest BCUT2D eigenvalue weighted by Crippen LogP contribution is -2.10. The highest BCUT2D eigenvalue weighted by atomic mass is 35.5. The molecule has 0 saturated heterocycles. The first-order valence-corrected chi connectivity index (χ1v) is 6.31. The summed E-state index contributed by atoms with van der Waals surface area (Å²) >= 11 is 5.91. The number of benzene rings is 1. The van der Waals surface area contributed by atoms with E-state index < -0.39 is 5.97 Å². The Balaban J connectivity index is 2.14. The maximum atomic E-state index is 11.4. The van der Waals surface area contributed by atoms with Crippen molar-refractivity contribution in [2.24, 2.45) is 0 Å². The lowest BCUT2D eigenvalue weighted by molar-refractivity contribution is 0.0594. The molecule has 0 amide bonds. The van der Waals surface area contributed by atoms with Crippen LogP contribution in [-0.2, 0) is 11.3 Å². The smallest absolute Gasteiger partial charge is 0.356 e. The minimum Gasteiger partial charge on any atom is -0.464 e. The van der Waals surface area contributed by atoms with E-state index in [-0.39, 0.29) is 5.69 Å². The Bertz CT molecular complexity index is 632. The lowest BCUT2D eigenvalue weighted by atomic mass is 10.2. The van der Waals surface area contributed by atoms with Gasteiger partial charge in [-0.25, -0.2) is 9.78 Å². The molecule has 0 unspecified atom stereocenters. The molecule has 2 aromatic rings. The van der Waals surface area contributed by atoms with Gasteiger partial charge in [-0.2, -0.15) is 0 Å². The second-order valence-corrected chi connectivity index (χ2v) is 4.55. The van der Waals surface area contributed by atoms with Crippen LogP contribution in [0.3, 0.4) is 0 Å². The van der Waals surface area contributed by atoms with Crippen LogP contribution >= 0.6 is 11.6 Å². The Morgan fingerprint density at radius 2 is 2.20 bits per heavy atom. The average molecular weight is 292 g/mol. The van der Waals surface area contributed by atoms with E-state index in [1.54, 1.807) is 12.1 Å². The van der Waals surface area contributed by atoms with Gasteiger partial charge in [-0.05, 0) is 29.8 Å². The van der Waals surface area contributed by atoms with E-state index in [1.165, 1.54) is 13.2 Å².